The first-order valence-corrected chi connectivity index (χ1v) is 11.5. The van der Waals surface area contributed by atoms with Crippen LogP contribution in [-0.4, -0.2) is 44.8 Å². The van der Waals surface area contributed by atoms with E-state index in [9.17, 15) is 13.2 Å². The maximum absolute atomic E-state index is 13.0. The number of carbonyl (C=O) groups excluding carboxylic acids is 1. The van der Waals surface area contributed by atoms with Crippen LogP contribution in [0, 0.1) is 6.92 Å². The Morgan fingerprint density at radius 1 is 1.14 bits per heavy atom. The van der Waals surface area contributed by atoms with Crippen molar-refractivity contribution in [2.75, 3.05) is 31.3 Å². The Morgan fingerprint density at radius 2 is 1.86 bits per heavy atom. The van der Waals surface area contributed by atoms with Crippen LogP contribution in [0.3, 0.4) is 0 Å². The number of aryl methyl sites for hydroxylation is 1. The zero-order valence-corrected chi connectivity index (χ0v) is 17.6. The zero-order chi connectivity index (χ0) is 20.1. The van der Waals surface area contributed by atoms with Crippen molar-refractivity contribution in [1.29, 1.82) is 0 Å². The number of rotatable bonds is 4. The van der Waals surface area contributed by atoms with Gasteiger partial charge < -0.3 is 4.74 Å². The lowest BCUT2D eigenvalue weighted by molar-refractivity contribution is 0.187. The predicted molar refractivity (Wildman–Crippen MR) is 112 cm³/mol. The highest BCUT2D eigenvalue weighted by molar-refractivity contribution is 7.99. The van der Waals surface area contributed by atoms with E-state index in [-0.39, 0.29) is 4.90 Å². The highest BCUT2D eigenvalue weighted by Gasteiger charge is 2.28. The summed E-state index contributed by atoms with van der Waals surface area (Å²) in [5, 5.41) is 2.82. The molecule has 2 aromatic rings. The molecule has 1 heterocycles. The molecule has 1 amide bonds. The molecule has 28 heavy (non-hydrogen) atoms. The van der Waals surface area contributed by atoms with Gasteiger partial charge in [0, 0.05) is 29.8 Å². The second kappa shape index (κ2) is 8.98. The average Bonchev–Trinajstić information content (AvgIpc) is 2.95. The van der Waals surface area contributed by atoms with Crippen molar-refractivity contribution in [3.63, 3.8) is 0 Å². The Labute approximate surface area is 170 Å². The third-order valence-corrected chi connectivity index (χ3v) is 7.98. The number of methoxy groups -OCH3 is 1. The number of amides is 1. The molecule has 2 aromatic carbocycles. The van der Waals surface area contributed by atoms with Gasteiger partial charge in [0.2, 0.25) is 10.0 Å². The van der Waals surface area contributed by atoms with Gasteiger partial charge in [0.15, 0.2) is 0 Å². The molecule has 150 valence electrons. The van der Waals surface area contributed by atoms with Gasteiger partial charge in [0.25, 0.3) is 0 Å². The lowest BCUT2D eigenvalue weighted by Crippen LogP contribution is -2.33. The van der Waals surface area contributed by atoms with Crippen molar-refractivity contribution in [3.05, 3.63) is 59.7 Å². The molecule has 0 saturated carbocycles. The van der Waals surface area contributed by atoms with Gasteiger partial charge in [0.1, 0.15) is 0 Å². The van der Waals surface area contributed by atoms with Gasteiger partial charge in [0.05, 0.1) is 12.0 Å². The second-order valence-corrected chi connectivity index (χ2v) is 9.80. The minimum atomic E-state index is -3.58. The van der Waals surface area contributed by atoms with Gasteiger partial charge in [-0.25, -0.2) is 13.2 Å². The third kappa shape index (κ3) is 4.68. The first kappa shape index (κ1) is 20.7. The number of ether oxygens (including phenoxy) is 1. The molecule has 0 aliphatic carbocycles. The van der Waals surface area contributed by atoms with Gasteiger partial charge in [-0.15, -0.1) is 0 Å². The van der Waals surface area contributed by atoms with Gasteiger partial charge in [-0.05, 0) is 48.7 Å². The highest BCUT2D eigenvalue weighted by Crippen LogP contribution is 2.37. The molecule has 1 aliphatic heterocycles. The number of anilines is 1. The van der Waals surface area contributed by atoms with E-state index in [0.29, 0.717) is 24.0 Å². The Bertz CT molecular complexity index is 929. The number of hydrogen-bond acceptors (Lipinski definition) is 5. The van der Waals surface area contributed by atoms with Crippen molar-refractivity contribution in [1.82, 2.24) is 4.31 Å². The van der Waals surface area contributed by atoms with Crippen LogP contribution in [0.5, 0.6) is 0 Å². The monoisotopic (exact) mass is 420 g/mol. The number of sulfonamides is 1. The predicted octanol–water partition coefficient (Wildman–Crippen LogP) is 4.04. The largest absolute Gasteiger partial charge is 0.453 e. The molecule has 3 rings (SSSR count). The van der Waals surface area contributed by atoms with E-state index >= 15 is 0 Å². The number of benzene rings is 2. The van der Waals surface area contributed by atoms with Crippen molar-refractivity contribution in [3.8, 4) is 0 Å². The molecule has 1 saturated heterocycles. The standard InChI is InChI=1S/C20H24N2O4S2/c1-15-5-3-4-6-18(15)19-11-12-22(13-14-27-19)28(24,25)17-9-7-16(8-10-17)21-20(23)26-2/h3-10,19H,11-14H2,1-2H3,(H,21,23)/t19-/m0/s1. The van der Waals surface area contributed by atoms with Crippen LogP contribution in [0.2, 0.25) is 0 Å². The first-order valence-electron chi connectivity index (χ1n) is 9.04. The summed E-state index contributed by atoms with van der Waals surface area (Å²) in [5.74, 6) is 0.750. The lowest BCUT2D eigenvalue weighted by atomic mass is 10.0. The Kier molecular flexibility index (Phi) is 6.64. The van der Waals surface area contributed by atoms with Crippen LogP contribution in [-0.2, 0) is 14.8 Å². The van der Waals surface area contributed by atoms with Gasteiger partial charge in [-0.1, -0.05) is 24.3 Å². The number of nitrogens with zero attached hydrogens (tertiary/aromatic N) is 1. The number of thioether (sulfide) groups is 1. The second-order valence-electron chi connectivity index (χ2n) is 6.55. The Balaban J connectivity index is 1.72. The van der Waals surface area contributed by atoms with E-state index in [2.05, 4.69) is 29.1 Å². The molecule has 0 spiro atoms. The number of carbonyl (C=O) groups is 1. The average molecular weight is 421 g/mol. The first-order chi connectivity index (χ1) is 13.4. The molecule has 6 nitrogen and oxygen atoms in total. The van der Waals surface area contributed by atoms with Crippen LogP contribution in [0.4, 0.5) is 10.5 Å². The number of nitrogens with one attached hydrogen (secondary N) is 1. The lowest BCUT2D eigenvalue weighted by Gasteiger charge is -2.20. The molecule has 0 aromatic heterocycles. The summed E-state index contributed by atoms with van der Waals surface area (Å²) in [6.45, 7) is 3.06. The summed E-state index contributed by atoms with van der Waals surface area (Å²) in [7, 11) is -2.30. The molecule has 0 bridgehead atoms. The summed E-state index contributed by atoms with van der Waals surface area (Å²) < 4.78 is 32.2. The summed E-state index contributed by atoms with van der Waals surface area (Å²) in [6, 6.07) is 14.4. The Hall–Kier alpha value is -2.03. The highest BCUT2D eigenvalue weighted by atomic mass is 32.2. The van der Waals surface area contributed by atoms with Crippen molar-refractivity contribution < 1.29 is 17.9 Å². The summed E-state index contributed by atoms with van der Waals surface area (Å²) in [6.07, 6.45) is 0.180. The van der Waals surface area contributed by atoms with Crippen LogP contribution in [0.1, 0.15) is 22.8 Å². The van der Waals surface area contributed by atoms with Crippen molar-refractivity contribution >= 4 is 33.6 Å². The fourth-order valence-corrected chi connectivity index (χ4v) is 6.11. The third-order valence-electron chi connectivity index (χ3n) is 4.76. The molecule has 0 unspecified atom stereocenters. The van der Waals surface area contributed by atoms with Gasteiger partial charge in [-0.2, -0.15) is 16.1 Å². The topological polar surface area (TPSA) is 75.7 Å². The van der Waals surface area contributed by atoms with Gasteiger partial charge in [-0.3, -0.25) is 5.32 Å². The summed E-state index contributed by atoms with van der Waals surface area (Å²) in [4.78, 5) is 11.5. The maximum atomic E-state index is 13.0. The minimum Gasteiger partial charge on any atom is -0.453 e. The van der Waals surface area contributed by atoms with Gasteiger partial charge >= 0.3 is 6.09 Å². The van der Waals surface area contributed by atoms with E-state index < -0.39 is 16.1 Å². The molecule has 1 N–H and O–H groups in total. The molecule has 1 aliphatic rings. The minimum absolute atomic E-state index is 0.224. The number of hydrogen-bond donors (Lipinski definition) is 1. The van der Waals surface area contributed by atoms with Crippen LogP contribution >= 0.6 is 11.8 Å². The molecular formula is C20H24N2O4S2. The summed E-state index contributed by atoms with van der Waals surface area (Å²) in [5.41, 5.74) is 3.01. The summed E-state index contributed by atoms with van der Waals surface area (Å²) >= 11 is 1.81. The molecule has 1 fully saturated rings. The van der Waals surface area contributed by atoms with E-state index in [1.54, 1.807) is 16.4 Å². The Morgan fingerprint density at radius 3 is 2.54 bits per heavy atom. The maximum Gasteiger partial charge on any atom is 0.411 e. The van der Waals surface area contributed by atoms with E-state index in [1.807, 2.05) is 23.9 Å². The fourth-order valence-electron chi connectivity index (χ4n) is 3.22. The molecule has 0 radical (unpaired) electrons. The van der Waals surface area contributed by atoms with Crippen LogP contribution < -0.4 is 5.32 Å². The SMILES string of the molecule is COC(=O)Nc1ccc(S(=O)(=O)N2CCS[C@H](c3ccccc3C)CC2)cc1. The fraction of sp³-hybridized carbons (Fsp3) is 0.350. The quantitative estimate of drug-likeness (QED) is 0.808. The normalized spacial score (nSPS) is 18.3. The van der Waals surface area contributed by atoms with E-state index in [4.69, 9.17) is 0 Å². The van der Waals surface area contributed by atoms with E-state index in [1.165, 1.54) is 30.4 Å². The zero-order valence-electron chi connectivity index (χ0n) is 15.9. The smallest absolute Gasteiger partial charge is 0.411 e. The van der Waals surface area contributed by atoms with E-state index in [0.717, 1.165) is 12.2 Å². The molecular weight excluding hydrogens is 396 g/mol. The molecule has 1 atom stereocenters. The van der Waals surface area contributed by atoms with Crippen LogP contribution in [0.15, 0.2) is 53.4 Å². The van der Waals surface area contributed by atoms with Crippen molar-refractivity contribution in [2.24, 2.45) is 0 Å². The molecule has 8 heteroatoms. The van der Waals surface area contributed by atoms with Crippen molar-refractivity contribution in [2.45, 2.75) is 23.5 Å². The van der Waals surface area contributed by atoms with Crippen LogP contribution in [0.25, 0.3) is 0 Å².